The molecule has 0 atom stereocenters. The molecule has 5 rings (SSSR count). The number of hydrogen-bond donors (Lipinski definition) is 1. The molecule has 1 N–H and O–H groups in total. The third-order valence-corrected chi connectivity index (χ3v) is 6.92. The molecule has 0 spiro atoms. The standard InChI is InChI=1S/C33H33FN4O4/c1-5-10-29-35-28(6-2)30(25-16-14-23(18-27(25)34)41-20(3)4)32(39)38(29)19-21-13-15-24(22-11-8-7-9-12-22)26(17-21)31-36-33(40)42-37-31/h7-9,11-18,20H,5-6,10,19H2,1-4H3,(H,36,37,40). The Balaban J connectivity index is 1.64. The van der Waals surface area contributed by atoms with Crippen molar-refractivity contribution in [3.05, 3.63) is 111 Å². The topological polar surface area (TPSA) is 103 Å². The lowest BCUT2D eigenvalue weighted by Crippen LogP contribution is -2.29. The first-order valence-electron chi connectivity index (χ1n) is 14.1. The van der Waals surface area contributed by atoms with Crippen molar-refractivity contribution in [3.63, 3.8) is 0 Å². The summed E-state index contributed by atoms with van der Waals surface area (Å²) in [7, 11) is 0. The number of rotatable bonds is 10. The van der Waals surface area contributed by atoms with E-state index >= 15 is 4.39 Å². The van der Waals surface area contributed by atoms with E-state index < -0.39 is 11.6 Å². The Morgan fingerprint density at radius 2 is 1.74 bits per heavy atom. The maximum absolute atomic E-state index is 15.4. The van der Waals surface area contributed by atoms with E-state index in [9.17, 15) is 9.59 Å². The van der Waals surface area contributed by atoms with E-state index in [1.165, 1.54) is 6.07 Å². The molecule has 2 aromatic heterocycles. The van der Waals surface area contributed by atoms with E-state index in [2.05, 4.69) is 10.1 Å². The summed E-state index contributed by atoms with van der Waals surface area (Å²) in [5.41, 5.74) is 3.89. The number of hydrogen-bond acceptors (Lipinski definition) is 6. The Bertz CT molecular complexity index is 1820. The number of nitrogens with zero attached hydrogens (tertiary/aromatic N) is 3. The molecule has 0 saturated carbocycles. The molecule has 0 saturated heterocycles. The molecule has 42 heavy (non-hydrogen) atoms. The summed E-state index contributed by atoms with van der Waals surface area (Å²) in [6, 6.07) is 20.0. The minimum absolute atomic E-state index is 0.109. The monoisotopic (exact) mass is 568 g/mol. The first-order valence-corrected chi connectivity index (χ1v) is 14.1. The van der Waals surface area contributed by atoms with Crippen molar-refractivity contribution >= 4 is 0 Å². The Hall–Kier alpha value is -4.79. The highest BCUT2D eigenvalue weighted by molar-refractivity contribution is 5.81. The van der Waals surface area contributed by atoms with Gasteiger partial charge in [-0.1, -0.05) is 61.5 Å². The van der Waals surface area contributed by atoms with Crippen molar-refractivity contribution in [1.82, 2.24) is 19.7 Å². The second kappa shape index (κ2) is 12.4. The minimum Gasteiger partial charge on any atom is -0.491 e. The molecular formula is C33H33FN4O4. The summed E-state index contributed by atoms with van der Waals surface area (Å²) >= 11 is 0. The van der Waals surface area contributed by atoms with Gasteiger partial charge in [-0.25, -0.2) is 14.2 Å². The maximum atomic E-state index is 15.4. The van der Waals surface area contributed by atoms with Gasteiger partial charge in [0.05, 0.1) is 23.9 Å². The van der Waals surface area contributed by atoms with Gasteiger partial charge in [0, 0.05) is 23.6 Å². The molecule has 2 heterocycles. The van der Waals surface area contributed by atoms with Crippen molar-refractivity contribution in [2.45, 2.75) is 59.6 Å². The van der Waals surface area contributed by atoms with Crippen LogP contribution >= 0.6 is 0 Å². The maximum Gasteiger partial charge on any atom is 0.439 e. The molecule has 8 nitrogen and oxygen atoms in total. The number of halogens is 1. The summed E-state index contributed by atoms with van der Waals surface area (Å²) in [6.07, 6.45) is 1.73. The van der Waals surface area contributed by atoms with Gasteiger partial charge in [0.2, 0.25) is 0 Å². The van der Waals surface area contributed by atoms with Crippen LogP contribution in [0.2, 0.25) is 0 Å². The number of aromatic amines is 1. The van der Waals surface area contributed by atoms with Gasteiger partial charge in [-0.05, 0) is 61.6 Å². The smallest absolute Gasteiger partial charge is 0.439 e. The molecule has 9 heteroatoms. The molecule has 5 aromatic rings. The molecule has 0 aliphatic carbocycles. The first kappa shape index (κ1) is 28.7. The highest BCUT2D eigenvalue weighted by Crippen LogP contribution is 2.32. The van der Waals surface area contributed by atoms with Gasteiger partial charge in [0.1, 0.15) is 17.4 Å². The molecule has 0 fully saturated rings. The van der Waals surface area contributed by atoms with Crippen LogP contribution in [0.4, 0.5) is 4.39 Å². The predicted octanol–water partition coefficient (Wildman–Crippen LogP) is 6.41. The fourth-order valence-electron chi connectivity index (χ4n) is 5.08. The van der Waals surface area contributed by atoms with Crippen molar-refractivity contribution < 1.29 is 13.7 Å². The number of aromatic nitrogens is 4. The Kier molecular flexibility index (Phi) is 8.47. The molecular weight excluding hydrogens is 535 g/mol. The molecule has 0 unspecified atom stereocenters. The molecule has 216 valence electrons. The Morgan fingerprint density at radius 3 is 2.38 bits per heavy atom. The Morgan fingerprint density at radius 1 is 0.976 bits per heavy atom. The molecule has 0 aliphatic heterocycles. The molecule has 0 aliphatic rings. The van der Waals surface area contributed by atoms with Gasteiger partial charge in [0.25, 0.3) is 5.56 Å². The Labute approximate surface area is 242 Å². The van der Waals surface area contributed by atoms with Crippen molar-refractivity contribution in [1.29, 1.82) is 0 Å². The number of benzene rings is 3. The molecule has 0 bridgehead atoms. The van der Waals surface area contributed by atoms with Gasteiger partial charge in [-0.15, -0.1) is 0 Å². The first-order chi connectivity index (χ1) is 20.3. The average molecular weight is 569 g/mol. The molecule has 0 amide bonds. The van der Waals surface area contributed by atoms with Crippen LogP contribution in [0.3, 0.4) is 0 Å². The van der Waals surface area contributed by atoms with Crippen LogP contribution < -0.4 is 16.1 Å². The number of H-pyrrole nitrogens is 1. The minimum atomic E-state index is -0.660. The van der Waals surface area contributed by atoms with Crippen LogP contribution in [0, 0.1) is 5.82 Å². The van der Waals surface area contributed by atoms with E-state index in [4.69, 9.17) is 14.2 Å². The summed E-state index contributed by atoms with van der Waals surface area (Å²) in [6.45, 7) is 7.87. The highest BCUT2D eigenvalue weighted by Gasteiger charge is 2.21. The zero-order chi connectivity index (χ0) is 29.8. The van der Waals surface area contributed by atoms with Crippen LogP contribution in [0.25, 0.3) is 33.6 Å². The fourth-order valence-corrected chi connectivity index (χ4v) is 5.08. The van der Waals surface area contributed by atoms with Gasteiger partial charge < -0.3 is 4.74 Å². The van der Waals surface area contributed by atoms with Gasteiger partial charge in [-0.3, -0.25) is 18.9 Å². The van der Waals surface area contributed by atoms with E-state index in [-0.39, 0.29) is 35.2 Å². The van der Waals surface area contributed by atoms with Crippen LogP contribution in [0.1, 0.15) is 51.2 Å². The lowest BCUT2D eigenvalue weighted by Gasteiger charge is -2.18. The average Bonchev–Trinajstić information content (AvgIpc) is 3.41. The fraction of sp³-hybridized carbons (Fsp3) is 0.273. The predicted molar refractivity (Wildman–Crippen MR) is 160 cm³/mol. The molecule has 3 aromatic carbocycles. The summed E-state index contributed by atoms with van der Waals surface area (Å²) in [5.74, 6) is 0.115. The number of ether oxygens (including phenoxy) is 1. The largest absolute Gasteiger partial charge is 0.491 e. The molecule has 0 radical (unpaired) electrons. The summed E-state index contributed by atoms with van der Waals surface area (Å²) < 4.78 is 27.5. The van der Waals surface area contributed by atoms with Crippen molar-refractivity contribution in [2.75, 3.05) is 0 Å². The number of aryl methyl sites for hydroxylation is 2. The second-order valence-electron chi connectivity index (χ2n) is 10.3. The lowest BCUT2D eigenvalue weighted by atomic mass is 9.96. The van der Waals surface area contributed by atoms with E-state index in [0.29, 0.717) is 35.7 Å². The summed E-state index contributed by atoms with van der Waals surface area (Å²) in [5, 5.41) is 3.92. The quantitative estimate of drug-likeness (QED) is 0.209. The van der Waals surface area contributed by atoms with Crippen LogP contribution in [-0.2, 0) is 19.4 Å². The third kappa shape index (κ3) is 5.95. The number of nitrogens with one attached hydrogen (secondary N) is 1. The van der Waals surface area contributed by atoms with Crippen LogP contribution in [0.15, 0.2) is 80.8 Å². The van der Waals surface area contributed by atoms with Crippen molar-refractivity contribution in [3.8, 4) is 39.4 Å². The van der Waals surface area contributed by atoms with E-state index in [1.807, 2.05) is 76.2 Å². The van der Waals surface area contributed by atoms with Gasteiger partial charge >= 0.3 is 5.76 Å². The van der Waals surface area contributed by atoms with Crippen LogP contribution in [0.5, 0.6) is 5.75 Å². The highest BCUT2D eigenvalue weighted by atomic mass is 19.1. The van der Waals surface area contributed by atoms with Gasteiger partial charge in [-0.2, -0.15) is 0 Å². The summed E-state index contributed by atoms with van der Waals surface area (Å²) in [4.78, 5) is 33.5. The lowest BCUT2D eigenvalue weighted by molar-refractivity contribution is 0.241. The normalized spacial score (nSPS) is 11.3. The zero-order valence-electron chi connectivity index (χ0n) is 24.1. The zero-order valence-corrected chi connectivity index (χ0v) is 24.1. The van der Waals surface area contributed by atoms with E-state index in [0.717, 1.165) is 23.1 Å². The van der Waals surface area contributed by atoms with Crippen molar-refractivity contribution in [2.24, 2.45) is 0 Å². The van der Waals surface area contributed by atoms with Crippen LogP contribution in [-0.4, -0.2) is 25.8 Å². The van der Waals surface area contributed by atoms with Gasteiger partial charge in [0.15, 0.2) is 5.82 Å². The SMILES string of the molecule is CCCc1nc(CC)c(-c2ccc(OC(C)C)cc2F)c(=O)n1Cc1ccc(-c2ccccc2)c(-c2noc(=O)[nH]2)c1. The van der Waals surface area contributed by atoms with E-state index in [1.54, 1.807) is 16.7 Å². The second-order valence-corrected chi connectivity index (χ2v) is 10.3. The third-order valence-electron chi connectivity index (χ3n) is 6.92.